The number of phenolic OH excluding ortho intramolecular Hbond substituents is 1. The van der Waals surface area contributed by atoms with Crippen LogP contribution in [-0.4, -0.2) is 11.4 Å². The smallest absolute Gasteiger partial charge is 0.154 e. The highest BCUT2D eigenvalue weighted by molar-refractivity contribution is 9.10. The Hall–Kier alpha value is -0.610. The summed E-state index contributed by atoms with van der Waals surface area (Å²) in [6.45, 7) is 0. The van der Waals surface area contributed by atoms with E-state index in [-0.39, 0.29) is 15.1 Å². The monoisotopic (exact) mass is 252 g/mol. The summed E-state index contributed by atoms with van der Waals surface area (Å²) in [5.41, 5.74) is -0.0543. The summed E-state index contributed by atoms with van der Waals surface area (Å²) >= 11 is 8.32. The van der Waals surface area contributed by atoms with Crippen molar-refractivity contribution in [3.8, 4) is 5.75 Å². The average molecular weight is 253 g/mol. The molecule has 0 amide bonds. The lowest BCUT2D eigenvalue weighted by atomic mass is 10.2. The van der Waals surface area contributed by atoms with Crippen LogP contribution >= 0.6 is 27.5 Å². The van der Waals surface area contributed by atoms with E-state index in [0.29, 0.717) is 6.29 Å². The molecule has 0 saturated heterocycles. The highest BCUT2D eigenvalue weighted by Crippen LogP contribution is 2.33. The number of carbonyl (C=O) groups excluding carboxylic acids is 1. The van der Waals surface area contributed by atoms with Gasteiger partial charge < -0.3 is 5.11 Å². The number of phenols is 1. The summed E-state index contributed by atoms with van der Waals surface area (Å²) in [6, 6.07) is 0.789. The summed E-state index contributed by atoms with van der Waals surface area (Å²) in [4.78, 5) is 10.3. The second kappa shape index (κ2) is 3.41. The summed E-state index contributed by atoms with van der Waals surface area (Å²) in [6.07, 6.45) is 0.394. The normalized spacial score (nSPS) is 9.92. The van der Waals surface area contributed by atoms with Gasteiger partial charge in [0.15, 0.2) is 6.29 Å². The standard InChI is InChI=1S/C7H3BrClFO2/c8-6-3(2-11)5(12)1-4(10)7(6)9/h1-2,12H. The lowest BCUT2D eigenvalue weighted by Gasteiger charge is -2.02. The van der Waals surface area contributed by atoms with E-state index >= 15 is 0 Å². The van der Waals surface area contributed by atoms with Gasteiger partial charge in [0, 0.05) is 6.07 Å². The minimum absolute atomic E-state index is 0.0543. The maximum atomic E-state index is 12.7. The first-order valence-electron chi connectivity index (χ1n) is 2.89. The van der Waals surface area contributed by atoms with E-state index in [0.717, 1.165) is 6.07 Å². The Kier molecular flexibility index (Phi) is 2.69. The summed E-state index contributed by atoms with van der Waals surface area (Å²) < 4.78 is 12.8. The van der Waals surface area contributed by atoms with Gasteiger partial charge in [-0.05, 0) is 15.9 Å². The van der Waals surface area contributed by atoms with Gasteiger partial charge in [-0.1, -0.05) is 11.6 Å². The number of benzene rings is 1. The molecule has 0 heterocycles. The molecule has 1 aromatic carbocycles. The van der Waals surface area contributed by atoms with Gasteiger partial charge in [0.1, 0.15) is 11.6 Å². The maximum Gasteiger partial charge on any atom is 0.154 e. The fourth-order valence-corrected chi connectivity index (χ4v) is 1.35. The van der Waals surface area contributed by atoms with Crippen molar-refractivity contribution in [2.45, 2.75) is 0 Å². The molecule has 0 saturated carbocycles. The fraction of sp³-hybridized carbons (Fsp3) is 0. The van der Waals surface area contributed by atoms with E-state index in [1.807, 2.05) is 0 Å². The molecular formula is C7H3BrClFO2. The molecule has 0 unspecified atom stereocenters. The molecule has 0 fully saturated rings. The molecule has 1 aromatic rings. The van der Waals surface area contributed by atoms with Crippen molar-refractivity contribution in [2.75, 3.05) is 0 Å². The Bertz CT molecular complexity index is 341. The van der Waals surface area contributed by atoms with Crippen molar-refractivity contribution in [3.63, 3.8) is 0 Å². The topological polar surface area (TPSA) is 37.3 Å². The van der Waals surface area contributed by atoms with Gasteiger partial charge in [0.2, 0.25) is 0 Å². The molecule has 2 nitrogen and oxygen atoms in total. The second-order valence-electron chi connectivity index (χ2n) is 2.04. The first kappa shape index (κ1) is 9.48. The number of halogens is 3. The van der Waals surface area contributed by atoms with Crippen LogP contribution < -0.4 is 0 Å². The molecule has 0 aliphatic carbocycles. The lowest BCUT2D eigenvalue weighted by Crippen LogP contribution is -1.88. The van der Waals surface area contributed by atoms with Crippen LogP contribution in [-0.2, 0) is 0 Å². The molecule has 5 heteroatoms. The Balaban J connectivity index is 3.51. The maximum absolute atomic E-state index is 12.7. The molecule has 0 aliphatic heterocycles. The first-order chi connectivity index (χ1) is 5.57. The van der Waals surface area contributed by atoms with Crippen LogP contribution in [0.5, 0.6) is 5.75 Å². The third-order valence-corrected chi connectivity index (χ3v) is 2.72. The van der Waals surface area contributed by atoms with E-state index < -0.39 is 11.6 Å². The van der Waals surface area contributed by atoms with Gasteiger partial charge in [0.05, 0.1) is 15.1 Å². The Labute approximate surface area is 81.1 Å². The van der Waals surface area contributed by atoms with Crippen LogP contribution in [0.2, 0.25) is 5.02 Å². The Morgan fingerprint density at radius 3 is 2.75 bits per heavy atom. The van der Waals surface area contributed by atoms with Crippen LogP contribution in [0, 0.1) is 5.82 Å². The minimum atomic E-state index is -0.772. The zero-order chi connectivity index (χ0) is 9.30. The summed E-state index contributed by atoms with van der Waals surface area (Å²) in [5.74, 6) is -1.20. The van der Waals surface area contributed by atoms with E-state index in [1.54, 1.807) is 0 Å². The van der Waals surface area contributed by atoms with Gasteiger partial charge in [0.25, 0.3) is 0 Å². The van der Waals surface area contributed by atoms with Gasteiger partial charge in [-0.15, -0.1) is 0 Å². The van der Waals surface area contributed by atoms with E-state index in [9.17, 15) is 9.18 Å². The number of aldehydes is 1. The van der Waals surface area contributed by atoms with Crippen molar-refractivity contribution in [1.82, 2.24) is 0 Å². The van der Waals surface area contributed by atoms with Crippen molar-refractivity contribution in [2.24, 2.45) is 0 Å². The van der Waals surface area contributed by atoms with Crippen molar-refractivity contribution >= 4 is 33.8 Å². The van der Waals surface area contributed by atoms with Gasteiger partial charge >= 0.3 is 0 Å². The van der Waals surface area contributed by atoms with Crippen LogP contribution in [0.15, 0.2) is 10.5 Å². The number of carbonyl (C=O) groups is 1. The third kappa shape index (κ3) is 1.44. The second-order valence-corrected chi connectivity index (χ2v) is 3.21. The van der Waals surface area contributed by atoms with Crippen LogP contribution in [0.1, 0.15) is 10.4 Å². The predicted molar refractivity (Wildman–Crippen MR) is 46.2 cm³/mol. The predicted octanol–water partition coefficient (Wildman–Crippen LogP) is 2.76. The van der Waals surface area contributed by atoms with Crippen molar-refractivity contribution < 1.29 is 14.3 Å². The zero-order valence-electron chi connectivity index (χ0n) is 5.64. The van der Waals surface area contributed by atoms with E-state index in [2.05, 4.69) is 15.9 Å². The van der Waals surface area contributed by atoms with E-state index in [1.165, 1.54) is 0 Å². The number of hydrogen-bond acceptors (Lipinski definition) is 2. The highest BCUT2D eigenvalue weighted by Gasteiger charge is 2.13. The Morgan fingerprint density at radius 1 is 1.67 bits per heavy atom. The highest BCUT2D eigenvalue weighted by atomic mass is 79.9. The van der Waals surface area contributed by atoms with Crippen molar-refractivity contribution in [3.05, 3.63) is 26.9 Å². The van der Waals surface area contributed by atoms with E-state index in [4.69, 9.17) is 16.7 Å². The molecule has 0 spiro atoms. The molecule has 12 heavy (non-hydrogen) atoms. The summed E-state index contributed by atoms with van der Waals surface area (Å²) in [7, 11) is 0. The number of rotatable bonds is 1. The zero-order valence-corrected chi connectivity index (χ0v) is 7.99. The van der Waals surface area contributed by atoms with Crippen LogP contribution in [0.4, 0.5) is 4.39 Å². The first-order valence-corrected chi connectivity index (χ1v) is 4.06. The Morgan fingerprint density at radius 2 is 2.25 bits per heavy atom. The quantitative estimate of drug-likeness (QED) is 0.617. The molecule has 64 valence electrons. The molecule has 0 atom stereocenters. The lowest BCUT2D eigenvalue weighted by molar-refractivity contribution is 0.112. The van der Waals surface area contributed by atoms with Gasteiger partial charge in [-0.2, -0.15) is 0 Å². The molecule has 0 bridgehead atoms. The molecule has 0 aliphatic rings. The molecular weight excluding hydrogens is 250 g/mol. The SMILES string of the molecule is O=Cc1c(O)cc(F)c(Cl)c1Br. The number of aromatic hydroxyl groups is 1. The third-order valence-electron chi connectivity index (χ3n) is 1.30. The van der Waals surface area contributed by atoms with Crippen LogP contribution in [0.25, 0.3) is 0 Å². The van der Waals surface area contributed by atoms with Crippen molar-refractivity contribution in [1.29, 1.82) is 0 Å². The molecule has 1 N–H and O–H groups in total. The number of hydrogen-bond donors (Lipinski definition) is 1. The summed E-state index contributed by atoms with van der Waals surface area (Å²) in [5, 5.41) is 8.82. The largest absolute Gasteiger partial charge is 0.507 e. The molecule has 1 rings (SSSR count). The minimum Gasteiger partial charge on any atom is -0.507 e. The average Bonchev–Trinajstić information content (AvgIpc) is 2.01. The van der Waals surface area contributed by atoms with Gasteiger partial charge in [-0.3, -0.25) is 4.79 Å². The fourth-order valence-electron chi connectivity index (χ4n) is 0.709. The van der Waals surface area contributed by atoms with Gasteiger partial charge in [-0.25, -0.2) is 4.39 Å². The van der Waals surface area contributed by atoms with Crippen LogP contribution in [0.3, 0.4) is 0 Å². The molecule has 0 aromatic heterocycles. The molecule has 0 radical (unpaired) electrons.